The average molecular weight is 218 g/mol. The summed E-state index contributed by atoms with van der Waals surface area (Å²) in [7, 11) is 0. The van der Waals surface area contributed by atoms with Crippen molar-refractivity contribution in [2.24, 2.45) is 0 Å². The molecule has 0 spiro atoms. The largest absolute Gasteiger partial charge is 0.483 e. The van der Waals surface area contributed by atoms with Crippen molar-refractivity contribution in [1.29, 1.82) is 0 Å². The molecule has 0 radical (unpaired) electrons. The van der Waals surface area contributed by atoms with Gasteiger partial charge >= 0.3 is 0 Å². The van der Waals surface area contributed by atoms with Crippen molar-refractivity contribution in [2.75, 3.05) is 0 Å². The van der Waals surface area contributed by atoms with Crippen molar-refractivity contribution < 1.29 is 9.90 Å². The molecule has 0 bridgehead atoms. The first-order valence-corrected chi connectivity index (χ1v) is 3.66. The molecule has 0 aromatic carbocycles. The number of halogens is 1. The third-order valence-electron chi connectivity index (χ3n) is 0.859. The van der Waals surface area contributed by atoms with Crippen molar-refractivity contribution >= 4 is 22.4 Å². The van der Waals surface area contributed by atoms with Crippen LogP contribution in [-0.4, -0.2) is 16.6 Å². The highest BCUT2D eigenvalue weighted by Gasteiger charge is 1.83. The number of pyridine rings is 1. The molecule has 0 unspecified atom stereocenters. The van der Waals surface area contributed by atoms with E-state index >= 15 is 0 Å². The molecule has 0 saturated heterocycles. The Morgan fingerprint density at radius 1 is 1.73 bits per heavy atom. The molecule has 1 aromatic rings. The van der Waals surface area contributed by atoms with E-state index in [1.165, 1.54) is 0 Å². The molecule has 1 aromatic heterocycles. The summed E-state index contributed by atoms with van der Waals surface area (Å²) in [5.41, 5.74) is 1.04. The highest BCUT2D eigenvalue weighted by atomic mass is 79.9. The van der Waals surface area contributed by atoms with Gasteiger partial charge in [0.25, 0.3) is 6.47 Å². The minimum atomic E-state index is -0.250. The number of hydrogen-bond donors (Lipinski definition) is 1. The number of carboxylic acid groups (broad SMARTS) is 1. The smallest absolute Gasteiger partial charge is 0.290 e. The van der Waals surface area contributed by atoms with Gasteiger partial charge in [0, 0.05) is 16.4 Å². The molecule has 1 rings (SSSR count). The van der Waals surface area contributed by atoms with Gasteiger partial charge < -0.3 is 5.11 Å². The fourth-order valence-corrected chi connectivity index (χ4v) is 0.960. The van der Waals surface area contributed by atoms with E-state index < -0.39 is 0 Å². The summed E-state index contributed by atoms with van der Waals surface area (Å²) in [5.74, 6) is 0. The lowest BCUT2D eigenvalue weighted by Crippen LogP contribution is -1.75. The molecule has 0 aliphatic carbocycles. The molecule has 4 heteroatoms. The molecule has 0 fully saturated rings. The Morgan fingerprint density at radius 2 is 2.27 bits per heavy atom. The Morgan fingerprint density at radius 3 is 2.55 bits per heavy atom. The van der Waals surface area contributed by atoms with Crippen molar-refractivity contribution in [3.8, 4) is 0 Å². The standard InChI is InChI=1S/C6H6BrN.CH2O2/c1-5-4-6(7)2-3-8-5;2-1-3/h2-4H,1H3;1H,(H,2,3). The maximum Gasteiger partial charge on any atom is 0.290 e. The van der Waals surface area contributed by atoms with Gasteiger partial charge in [0.1, 0.15) is 0 Å². The van der Waals surface area contributed by atoms with Crippen LogP contribution in [0.15, 0.2) is 22.8 Å². The SMILES string of the molecule is Cc1cc(Br)ccn1.O=CO. The van der Waals surface area contributed by atoms with E-state index in [0.29, 0.717) is 0 Å². The van der Waals surface area contributed by atoms with Crippen molar-refractivity contribution in [3.63, 3.8) is 0 Å². The predicted octanol–water partition coefficient (Wildman–Crippen LogP) is 1.85. The predicted molar refractivity (Wildman–Crippen MR) is 45.4 cm³/mol. The van der Waals surface area contributed by atoms with Crippen molar-refractivity contribution in [3.05, 3.63) is 28.5 Å². The first-order valence-electron chi connectivity index (χ1n) is 2.86. The van der Waals surface area contributed by atoms with E-state index in [-0.39, 0.29) is 6.47 Å². The van der Waals surface area contributed by atoms with Gasteiger partial charge in [-0.25, -0.2) is 0 Å². The zero-order chi connectivity index (χ0) is 8.69. The maximum absolute atomic E-state index is 8.36. The third kappa shape index (κ3) is 5.54. The Balaban J connectivity index is 0.000000292. The molecule has 0 atom stereocenters. The van der Waals surface area contributed by atoms with Crippen LogP contribution in [0.1, 0.15) is 5.69 Å². The van der Waals surface area contributed by atoms with Crippen molar-refractivity contribution in [2.45, 2.75) is 6.92 Å². The summed E-state index contributed by atoms with van der Waals surface area (Å²) in [6, 6.07) is 3.88. The second-order valence-electron chi connectivity index (χ2n) is 1.72. The molecular formula is C7H8BrNO2. The Bertz CT molecular complexity index is 210. The number of carbonyl (C=O) groups is 1. The number of aromatic nitrogens is 1. The molecular weight excluding hydrogens is 210 g/mol. The Labute approximate surface area is 73.2 Å². The molecule has 0 saturated carbocycles. The Hall–Kier alpha value is -0.900. The van der Waals surface area contributed by atoms with Gasteiger partial charge in [0.05, 0.1) is 0 Å². The number of rotatable bonds is 0. The van der Waals surface area contributed by atoms with Crippen LogP contribution in [0.3, 0.4) is 0 Å². The van der Waals surface area contributed by atoms with E-state index in [9.17, 15) is 0 Å². The molecule has 1 N–H and O–H groups in total. The van der Waals surface area contributed by atoms with Crippen molar-refractivity contribution in [1.82, 2.24) is 4.98 Å². The second-order valence-corrected chi connectivity index (χ2v) is 2.64. The van der Waals surface area contributed by atoms with Crippen LogP contribution in [0.25, 0.3) is 0 Å². The maximum atomic E-state index is 8.36. The summed E-state index contributed by atoms with van der Waals surface area (Å²) in [5, 5.41) is 6.89. The van der Waals surface area contributed by atoms with Gasteiger partial charge in [-0.2, -0.15) is 0 Å². The monoisotopic (exact) mass is 217 g/mol. The topological polar surface area (TPSA) is 50.2 Å². The lowest BCUT2D eigenvalue weighted by atomic mass is 10.4. The van der Waals surface area contributed by atoms with Crippen LogP contribution in [0, 0.1) is 6.92 Å². The van der Waals surface area contributed by atoms with E-state index in [1.807, 2.05) is 19.1 Å². The van der Waals surface area contributed by atoms with E-state index in [2.05, 4.69) is 20.9 Å². The van der Waals surface area contributed by atoms with Gasteiger partial charge in [0.2, 0.25) is 0 Å². The lowest BCUT2D eigenvalue weighted by molar-refractivity contribution is -0.122. The minimum absolute atomic E-state index is 0.250. The van der Waals surface area contributed by atoms with Crippen LogP contribution in [0.2, 0.25) is 0 Å². The fraction of sp³-hybridized carbons (Fsp3) is 0.143. The van der Waals surface area contributed by atoms with Crippen LogP contribution in [-0.2, 0) is 4.79 Å². The molecule has 11 heavy (non-hydrogen) atoms. The summed E-state index contributed by atoms with van der Waals surface area (Å²) in [6.45, 7) is 1.71. The minimum Gasteiger partial charge on any atom is -0.483 e. The van der Waals surface area contributed by atoms with E-state index in [0.717, 1.165) is 10.2 Å². The first kappa shape index (κ1) is 10.1. The number of aryl methyl sites for hydroxylation is 1. The molecule has 3 nitrogen and oxygen atoms in total. The highest BCUT2D eigenvalue weighted by molar-refractivity contribution is 9.10. The van der Waals surface area contributed by atoms with Gasteiger partial charge in [0.15, 0.2) is 0 Å². The quantitative estimate of drug-likeness (QED) is 0.676. The fourth-order valence-electron chi connectivity index (χ4n) is 0.511. The summed E-state index contributed by atoms with van der Waals surface area (Å²) in [6.07, 6.45) is 1.78. The average Bonchev–Trinajstić information content (AvgIpc) is 1.88. The molecule has 0 aliphatic heterocycles. The first-order chi connectivity index (χ1) is 5.20. The summed E-state index contributed by atoms with van der Waals surface area (Å²) >= 11 is 3.32. The molecule has 0 aliphatic rings. The van der Waals surface area contributed by atoms with Gasteiger partial charge in [-0.15, -0.1) is 0 Å². The number of nitrogens with zero attached hydrogens (tertiary/aromatic N) is 1. The highest BCUT2D eigenvalue weighted by Crippen LogP contribution is 2.07. The summed E-state index contributed by atoms with van der Waals surface area (Å²) in [4.78, 5) is 12.4. The Kier molecular flexibility index (Phi) is 5.37. The zero-order valence-electron chi connectivity index (χ0n) is 5.99. The van der Waals surface area contributed by atoms with Crippen LogP contribution >= 0.6 is 15.9 Å². The van der Waals surface area contributed by atoms with Gasteiger partial charge in [-0.05, 0) is 19.1 Å². The summed E-state index contributed by atoms with van der Waals surface area (Å²) < 4.78 is 1.09. The van der Waals surface area contributed by atoms with Gasteiger partial charge in [-0.1, -0.05) is 15.9 Å². The normalized spacial score (nSPS) is 7.82. The van der Waals surface area contributed by atoms with Crippen LogP contribution < -0.4 is 0 Å². The number of hydrogen-bond acceptors (Lipinski definition) is 2. The zero-order valence-corrected chi connectivity index (χ0v) is 7.58. The molecule has 60 valence electrons. The van der Waals surface area contributed by atoms with Gasteiger partial charge in [-0.3, -0.25) is 9.78 Å². The van der Waals surface area contributed by atoms with Crippen LogP contribution in [0.4, 0.5) is 0 Å². The lowest BCUT2D eigenvalue weighted by Gasteiger charge is -1.88. The molecule has 0 amide bonds. The molecule has 1 heterocycles. The van der Waals surface area contributed by atoms with E-state index in [1.54, 1.807) is 6.20 Å². The second kappa shape index (κ2) is 5.85. The third-order valence-corrected chi connectivity index (χ3v) is 1.35. The van der Waals surface area contributed by atoms with E-state index in [4.69, 9.17) is 9.90 Å². The van der Waals surface area contributed by atoms with Crippen LogP contribution in [0.5, 0.6) is 0 Å².